The van der Waals surface area contributed by atoms with Gasteiger partial charge in [-0.3, -0.25) is 0 Å². The molecule has 0 amide bonds. The van der Waals surface area contributed by atoms with Crippen molar-refractivity contribution >= 4 is 5.97 Å². The molecule has 0 radical (unpaired) electrons. The van der Waals surface area contributed by atoms with E-state index in [4.69, 9.17) is 5.11 Å². The van der Waals surface area contributed by atoms with Gasteiger partial charge in [-0.25, -0.2) is 24.4 Å². The van der Waals surface area contributed by atoms with Crippen molar-refractivity contribution in [2.24, 2.45) is 0 Å². The van der Waals surface area contributed by atoms with Crippen molar-refractivity contribution in [1.29, 1.82) is 0 Å². The number of aromatic nitrogens is 5. The highest BCUT2D eigenvalue weighted by Gasteiger charge is 2.17. The summed E-state index contributed by atoms with van der Waals surface area (Å²) in [7, 11) is 0. The second-order valence-electron chi connectivity index (χ2n) is 3.76. The third-order valence-electron chi connectivity index (χ3n) is 2.17. The zero-order chi connectivity index (χ0) is 12.4. The van der Waals surface area contributed by atoms with E-state index >= 15 is 0 Å². The van der Waals surface area contributed by atoms with Crippen LogP contribution in [0.2, 0.25) is 0 Å². The van der Waals surface area contributed by atoms with Crippen LogP contribution >= 0.6 is 0 Å². The molecule has 2 heterocycles. The zero-order valence-corrected chi connectivity index (χ0v) is 9.40. The van der Waals surface area contributed by atoms with Gasteiger partial charge in [0, 0.05) is 5.92 Å². The van der Waals surface area contributed by atoms with Gasteiger partial charge in [0.25, 0.3) is 0 Å². The Bertz CT molecular complexity index is 536. The van der Waals surface area contributed by atoms with Crippen molar-refractivity contribution < 1.29 is 9.90 Å². The van der Waals surface area contributed by atoms with Crippen LogP contribution in [0.4, 0.5) is 0 Å². The van der Waals surface area contributed by atoms with Crippen LogP contribution in [-0.4, -0.2) is 35.8 Å². The summed E-state index contributed by atoms with van der Waals surface area (Å²) in [5.74, 6) is -0.552. The second kappa shape index (κ2) is 4.28. The Morgan fingerprint density at radius 3 is 2.76 bits per heavy atom. The van der Waals surface area contributed by atoms with Gasteiger partial charge < -0.3 is 5.11 Å². The highest BCUT2D eigenvalue weighted by atomic mass is 16.4. The third-order valence-corrected chi connectivity index (χ3v) is 2.17. The van der Waals surface area contributed by atoms with Crippen molar-refractivity contribution in [2.45, 2.75) is 19.8 Å². The smallest absolute Gasteiger partial charge is 0.356 e. The fourth-order valence-electron chi connectivity index (χ4n) is 1.32. The molecule has 2 rings (SSSR count). The topological polar surface area (TPSA) is 93.8 Å². The van der Waals surface area contributed by atoms with Crippen LogP contribution in [0.25, 0.3) is 5.69 Å². The number of carboxylic acid groups (broad SMARTS) is 1. The van der Waals surface area contributed by atoms with Crippen molar-refractivity contribution in [3.05, 3.63) is 30.4 Å². The maximum absolute atomic E-state index is 11.1. The number of rotatable bonds is 3. The molecule has 7 heteroatoms. The summed E-state index contributed by atoms with van der Waals surface area (Å²) in [6, 6.07) is 0. The van der Waals surface area contributed by atoms with Crippen LogP contribution in [0.3, 0.4) is 0 Å². The number of carbonyl (C=O) groups is 1. The summed E-state index contributed by atoms with van der Waals surface area (Å²) in [6.07, 6.45) is 4.17. The lowest BCUT2D eigenvalue weighted by Crippen LogP contribution is -2.12. The maximum Gasteiger partial charge on any atom is 0.356 e. The third kappa shape index (κ3) is 2.12. The quantitative estimate of drug-likeness (QED) is 0.845. The van der Waals surface area contributed by atoms with Gasteiger partial charge >= 0.3 is 5.97 Å². The van der Waals surface area contributed by atoms with Crippen LogP contribution in [0.15, 0.2) is 18.9 Å². The van der Waals surface area contributed by atoms with Gasteiger partial charge in [-0.05, 0) is 0 Å². The van der Waals surface area contributed by atoms with Gasteiger partial charge in [0.1, 0.15) is 24.2 Å². The molecule has 0 aliphatic heterocycles. The van der Waals surface area contributed by atoms with Gasteiger partial charge in [0.15, 0.2) is 5.69 Å². The molecule has 0 aliphatic rings. The van der Waals surface area contributed by atoms with E-state index in [0.29, 0.717) is 11.5 Å². The van der Waals surface area contributed by atoms with E-state index in [1.165, 1.54) is 23.5 Å². The SMILES string of the molecule is CC(C)c1ncc(-n2cncn2)c(C(=O)O)n1. The molecule has 17 heavy (non-hydrogen) atoms. The first-order valence-electron chi connectivity index (χ1n) is 5.05. The molecule has 88 valence electrons. The zero-order valence-electron chi connectivity index (χ0n) is 9.40. The molecular formula is C10H11N5O2. The molecule has 0 bridgehead atoms. The van der Waals surface area contributed by atoms with E-state index in [1.807, 2.05) is 13.8 Å². The van der Waals surface area contributed by atoms with Crippen molar-refractivity contribution in [3.8, 4) is 5.69 Å². The average Bonchev–Trinajstić information content (AvgIpc) is 2.81. The lowest BCUT2D eigenvalue weighted by Gasteiger charge is -2.08. The molecule has 0 saturated carbocycles. The van der Waals surface area contributed by atoms with Crippen molar-refractivity contribution in [3.63, 3.8) is 0 Å². The summed E-state index contributed by atoms with van der Waals surface area (Å²) in [4.78, 5) is 23.0. The molecule has 0 saturated heterocycles. The summed E-state index contributed by atoms with van der Waals surface area (Å²) in [6.45, 7) is 3.80. The molecule has 0 aliphatic carbocycles. The molecule has 2 aromatic heterocycles. The van der Waals surface area contributed by atoms with Crippen molar-refractivity contribution in [1.82, 2.24) is 24.7 Å². The lowest BCUT2D eigenvalue weighted by molar-refractivity contribution is 0.0689. The minimum Gasteiger partial charge on any atom is -0.476 e. The van der Waals surface area contributed by atoms with Gasteiger partial charge in [-0.15, -0.1) is 0 Å². The molecule has 0 atom stereocenters. The predicted molar refractivity (Wildman–Crippen MR) is 58.0 cm³/mol. The number of carboxylic acids is 1. The molecule has 1 N–H and O–H groups in total. The number of hydrogen-bond donors (Lipinski definition) is 1. The van der Waals surface area contributed by atoms with E-state index in [-0.39, 0.29) is 11.6 Å². The summed E-state index contributed by atoms with van der Waals surface area (Å²) < 4.78 is 1.33. The Kier molecular flexibility index (Phi) is 2.82. The van der Waals surface area contributed by atoms with Crippen LogP contribution in [-0.2, 0) is 0 Å². The predicted octanol–water partition coefficient (Wildman–Crippen LogP) is 0.879. The fraction of sp³-hybridized carbons (Fsp3) is 0.300. The molecule has 0 aromatic carbocycles. The number of hydrogen-bond acceptors (Lipinski definition) is 5. The fourth-order valence-corrected chi connectivity index (χ4v) is 1.32. The minimum atomic E-state index is -1.11. The Hall–Kier alpha value is -2.31. The molecule has 0 spiro atoms. The summed E-state index contributed by atoms with van der Waals surface area (Å²) in [5.41, 5.74) is 0.230. The molecule has 0 fully saturated rings. The van der Waals surface area contributed by atoms with Gasteiger partial charge in [0.2, 0.25) is 0 Å². The van der Waals surface area contributed by atoms with E-state index in [0.717, 1.165) is 0 Å². The average molecular weight is 233 g/mol. The van der Waals surface area contributed by atoms with Crippen LogP contribution in [0, 0.1) is 0 Å². The van der Waals surface area contributed by atoms with Crippen LogP contribution in [0.5, 0.6) is 0 Å². The highest BCUT2D eigenvalue weighted by molar-refractivity contribution is 5.89. The number of nitrogens with zero attached hydrogens (tertiary/aromatic N) is 5. The van der Waals surface area contributed by atoms with E-state index in [1.54, 1.807) is 0 Å². The largest absolute Gasteiger partial charge is 0.476 e. The Morgan fingerprint density at radius 1 is 1.47 bits per heavy atom. The van der Waals surface area contributed by atoms with E-state index in [9.17, 15) is 4.79 Å². The van der Waals surface area contributed by atoms with E-state index < -0.39 is 5.97 Å². The van der Waals surface area contributed by atoms with Gasteiger partial charge in [0.05, 0.1) is 6.20 Å². The van der Waals surface area contributed by atoms with Crippen molar-refractivity contribution in [2.75, 3.05) is 0 Å². The molecule has 7 nitrogen and oxygen atoms in total. The maximum atomic E-state index is 11.1. The first-order chi connectivity index (χ1) is 8.09. The van der Waals surface area contributed by atoms with Gasteiger partial charge in [-0.1, -0.05) is 13.8 Å². The van der Waals surface area contributed by atoms with E-state index in [2.05, 4.69) is 20.1 Å². The second-order valence-corrected chi connectivity index (χ2v) is 3.76. The Balaban J connectivity index is 2.57. The normalized spacial score (nSPS) is 10.8. The molecule has 2 aromatic rings. The standard InChI is InChI=1S/C10H11N5O2/c1-6(2)9-12-3-7(8(14-9)10(16)17)15-5-11-4-13-15/h3-6H,1-2H3,(H,16,17). The summed E-state index contributed by atoms with van der Waals surface area (Å²) >= 11 is 0. The molecule has 0 unspecified atom stereocenters. The monoisotopic (exact) mass is 233 g/mol. The molecular weight excluding hydrogens is 222 g/mol. The van der Waals surface area contributed by atoms with Crippen LogP contribution < -0.4 is 0 Å². The lowest BCUT2D eigenvalue weighted by atomic mass is 10.2. The number of aromatic carboxylic acids is 1. The van der Waals surface area contributed by atoms with Crippen LogP contribution in [0.1, 0.15) is 36.1 Å². The highest BCUT2D eigenvalue weighted by Crippen LogP contribution is 2.14. The van der Waals surface area contributed by atoms with Gasteiger partial charge in [-0.2, -0.15) is 5.10 Å². The minimum absolute atomic E-state index is 0.0675. The Labute approximate surface area is 97.2 Å². The Morgan fingerprint density at radius 2 is 2.24 bits per heavy atom. The summed E-state index contributed by atoms with van der Waals surface area (Å²) in [5, 5.41) is 13.0. The first kappa shape index (κ1) is 11.2. The first-order valence-corrected chi connectivity index (χ1v) is 5.05.